The van der Waals surface area contributed by atoms with Gasteiger partial charge in [-0.15, -0.1) is 0 Å². The Bertz CT molecular complexity index is 1020. The zero-order valence-corrected chi connectivity index (χ0v) is 16.1. The van der Waals surface area contributed by atoms with E-state index in [0.717, 1.165) is 11.3 Å². The Kier molecular flexibility index (Phi) is 5.49. The number of nitrogens with one attached hydrogen (secondary N) is 1. The van der Waals surface area contributed by atoms with Gasteiger partial charge in [-0.05, 0) is 43.7 Å². The molecular formula is C20H21N3O5. The van der Waals surface area contributed by atoms with E-state index in [-0.39, 0.29) is 23.7 Å². The summed E-state index contributed by atoms with van der Waals surface area (Å²) in [7, 11) is 2.87. The molecule has 1 N–H and O–H groups in total. The van der Waals surface area contributed by atoms with E-state index in [1.165, 1.54) is 11.8 Å². The number of nitrogens with zero attached hydrogens (tertiary/aromatic N) is 2. The molecule has 0 saturated carbocycles. The number of hydrogen-bond acceptors (Lipinski definition) is 6. The topological polar surface area (TPSA) is 95.6 Å². The molecule has 0 aliphatic heterocycles. The maximum Gasteiger partial charge on any atom is 0.358 e. The molecule has 0 saturated heterocycles. The molecule has 3 aromatic rings. The molecule has 2 aromatic heterocycles. The highest BCUT2D eigenvalue weighted by Crippen LogP contribution is 2.22. The first kappa shape index (κ1) is 19.2. The number of benzene rings is 1. The molecule has 8 heteroatoms. The highest BCUT2D eigenvalue weighted by molar-refractivity contribution is 6.06. The van der Waals surface area contributed by atoms with E-state index in [4.69, 9.17) is 13.9 Å². The molecule has 3 rings (SSSR count). The fourth-order valence-corrected chi connectivity index (χ4v) is 2.75. The Morgan fingerprint density at radius 3 is 2.71 bits per heavy atom. The van der Waals surface area contributed by atoms with Crippen molar-refractivity contribution in [3.8, 4) is 5.75 Å². The number of methoxy groups -OCH3 is 1. The maximum absolute atomic E-state index is 12.5. The molecular weight excluding hydrogens is 362 g/mol. The van der Waals surface area contributed by atoms with Gasteiger partial charge in [0.05, 0.1) is 18.5 Å². The van der Waals surface area contributed by atoms with Gasteiger partial charge in [0.2, 0.25) is 0 Å². The number of ether oxygens (including phenoxy) is 2. The number of furan rings is 1. The second-order valence-electron chi connectivity index (χ2n) is 6.25. The third-order valence-corrected chi connectivity index (χ3v) is 4.10. The smallest absolute Gasteiger partial charge is 0.358 e. The summed E-state index contributed by atoms with van der Waals surface area (Å²) in [6.07, 6.45) is 0. The number of carbonyl (C=O) groups excluding carboxylic acids is 2. The standard InChI is InChI=1S/C20H21N3O5/c1-12-6-5-7-14(10-12)27-11-15-8-9-16(28-15)19(24)21-17-13(2)22-23(3)18(17)20(25)26-4/h5-10H,11H2,1-4H3,(H,21,24). The van der Waals surface area contributed by atoms with Crippen LogP contribution in [0.3, 0.4) is 0 Å². The molecule has 0 fully saturated rings. The van der Waals surface area contributed by atoms with Crippen molar-refractivity contribution in [3.05, 3.63) is 64.9 Å². The molecule has 0 spiro atoms. The predicted octanol–water partition coefficient (Wildman–Crippen LogP) is 3.25. The first-order chi connectivity index (χ1) is 13.4. The lowest BCUT2D eigenvalue weighted by Crippen LogP contribution is -2.16. The van der Waals surface area contributed by atoms with E-state index < -0.39 is 11.9 Å². The minimum atomic E-state index is -0.593. The minimum Gasteiger partial charge on any atom is -0.486 e. The lowest BCUT2D eigenvalue weighted by molar-refractivity contribution is 0.0589. The van der Waals surface area contributed by atoms with E-state index in [0.29, 0.717) is 11.5 Å². The zero-order chi connectivity index (χ0) is 20.3. The van der Waals surface area contributed by atoms with Crippen LogP contribution in [-0.2, 0) is 18.4 Å². The summed E-state index contributed by atoms with van der Waals surface area (Å²) in [6.45, 7) is 3.85. The normalized spacial score (nSPS) is 10.6. The molecule has 0 atom stereocenters. The van der Waals surface area contributed by atoms with Gasteiger partial charge >= 0.3 is 5.97 Å². The number of carbonyl (C=O) groups is 2. The quantitative estimate of drug-likeness (QED) is 0.657. The van der Waals surface area contributed by atoms with E-state index in [1.54, 1.807) is 26.1 Å². The monoisotopic (exact) mass is 383 g/mol. The summed E-state index contributed by atoms with van der Waals surface area (Å²) in [6, 6.07) is 10.9. The Morgan fingerprint density at radius 2 is 2.00 bits per heavy atom. The molecule has 1 amide bonds. The molecule has 0 aliphatic rings. The molecule has 0 radical (unpaired) electrons. The van der Waals surface area contributed by atoms with Gasteiger partial charge in [-0.2, -0.15) is 5.10 Å². The number of aromatic nitrogens is 2. The number of esters is 1. The zero-order valence-electron chi connectivity index (χ0n) is 16.1. The van der Waals surface area contributed by atoms with Gasteiger partial charge in [-0.3, -0.25) is 9.48 Å². The molecule has 8 nitrogen and oxygen atoms in total. The van der Waals surface area contributed by atoms with Gasteiger partial charge in [-0.1, -0.05) is 12.1 Å². The van der Waals surface area contributed by atoms with Crippen molar-refractivity contribution in [1.29, 1.82) is 0 Å². The van der Waals surface area contributed by atoms with Crippen LogP contribution >= 0.6 is 0 Å². The number of aryl methyl sites for hydroxylation is 3. The first-order valence-electron chi connectivity index (χ1n) is 8.60. The predicted molar refractivity (Wildman–Crippen MR) is 101 cm³/mol. The van der Waals surface area contributed by atoms with Gasteiger partial charge in [0, 0.05) is 7.05 Å². The van der Waals surface area contributed by atoms with E-state index in [9.17, 15) is 9.59 Å². The lowest BCUT2D eigenvalue weighted by Gasteiger charge is -2.06. The third-order valence-electron chi connectivity index (χ3n) is 4.10. The molecule has 0 unspecified atom stereocenters. The Labute approximate surface area is 162 Å². The van der Waals surface area contributed by atoms with Crippen LogP contribution in [0.15, 0.2) is 40.8 Å². The summed E-state index contributed by atoms with van der Waals surface area (Å²) >= 11 is 0. The third kappa shape index (κ3) is 4.06. The van der Waals surface area contributed by atoms with Gasteiger partial charge in [-0.25, -0.2) is 4.79 Å². The van der Waals surface area contributed by atoms with Crippen LogP contribution in [0.4, 0.5) is 5.69 Å². The second-order valence-corrected chi connectivity index (χ2v) is 6.25. The van der Waals surface area contributed by atoms with Crippen molar-refractivity contribution in [1.82, 2.24) is 9.78 Å². The van der Waals surface area contributed by atoms with Gasteiger partial charge in [0.15, 0.2) is 11.5 Å². The fraction of sp³-hybridized carbons (Fsp3) is 0.250. The maximum atomic E-state index is 12.5. The molecule has 0 bridgehead atoms. The number of rotatable bonds is 6. The summed E-state index contributed by atoms with van der Waals surface area (Å²) in [5, 5.41) is 6.82. The molecule has 2 heterocycles. The summed E-state index contributed by atoms with van der Waals surface area (Å²) in [4.78, 5) is 24.5. The lowest BCUT2D eigenvalue weighted by atomic mass is 10.2. The van der Waals surface area contributed by atoms with E-state index >= 15 is 0 Å². The number of hydrogen-bond donors (Lipinski definition) is 1. The molecule has 28 heavy (non-hydrogen) atoms. The van der Waals surface area contributed by atoms with Gasteiger partial charge in [0.1, 0.15) is 18.1 Å². The van der Waals surface area contributed by atoms with Crippen molar-refractivity contribution in [2.45, 2.75) is 20.5 Å². The minimum absolute atomic E-state index is 0.0990. The first-order valence-corrected chi connectivity index (χ1v) is 8.60. The highest BCUT2D eigenvalue weighted by Gasteiger charge is 2.23. The Hall–Kier alpha value is -3.55. The molecule has 1 aromatic carbocycles. The van der Waals surface area contributed by atoms with Crippen LogP contribution < -0.4 is 10.1 Å². The van der Waals surface area contributed by atoms with Crippen LogP contribution in [-0.4, -0.2) is 28.8 Å². The fourth-order valence-electron chi connectivity index (χ4n) is 2.75. The van der Waals surface area contributed by atoms with Crippen molar-refractivity contribution >= 4 is 17.6 Å². The van der Waals surface area contributed by atoms with Gasteiger partial charge < -0.3 is 19.2 Å². The van der Waals surface area contributed by atoms with Crippen molar-refractivity contribution in [2.24, 2.45) is 7.05 Å². The van der Waals surface area contributed by atoms with Gasteiger partial charge in [0.25, 0.3) is 5.91 Å². The van der Waals surface area contributed by atoms with Crippen molar-refractivity contribution < 1.29 is 23.5 Å². The van der Waals surface area contributed by atoms with Crippen molar-refractivity contribution in [3.63, 3.8) is 0 Å². The van der Waals surface area contributed by atoms with Crippen molar-refractivity contribution in [2.75, 3.05) is 12.4 Å². The Balaban J connectivity index is 1.70. The molecule has 146 valence electrons. The average Bonchev–Trinajstić information content (AvgIpc) is 3.24. The number of anilines is 1. The second kappa shape index (κ2) is 7.99. The highest BCUT2D eigenvalue weighted by atomic mass is 16.5. The Morgan fingerprint density at radius 1 is 1.21 bits per heavy atom. The van der Waals surface area contributed by atoms with Crippen LogP contribution in [0.25, 0.3) is 0 Å². The van der Waals surface area contributed by atoms with Crippen LogP contribution in [0.5, 0.6) is 5.75 Å². The summed E-state index contributed by atoms with van der Waals surface area (Å²) in [5.74, 6) is 0.230. The summed E-state index contributed by atoms with van der Waals surface area (Å²) in [5.41, 5.74) is 2.02. The average molecular weight is 383 g/mol. The SMILES string of the molecule is COC(=O)c1c(NC(=O)c2ccc(COc3cccc(C)c3)o2)c(C)nn1C. The largest absolute Gasteiger partial charge is 0.486 e. The summed E-state index contributed by atoms with van der Waals surface area (Å²) < 4.78 is 17.3. The van der Waals surface area contributed by atoms with Crippen LogP contribution in [0, 0.1) is 13.8 Å². The van der Waals surface area contributed by atoms with E-state index in [1.807, 2.05) is 31.2 Å². The van der Waals surface area contributed by atoms with Crippen LogP contribution in [0.2, 0.25) is 0 Å². The number of amides is 1. The molecule has 0 aliphatic carbocycles. The van der Waals surface area contributed by atoms with E-state index in [2.05, 4.69) is 10.4 Å². The van der Waals surface area contributed by atoms with Crippen LogP contribution in [0.1, 0.15) is 38.1 Å².